The summed E-state index contributed by atoms with van der Waals surface area (Å²) in [6, 6.07) is 78.7. The highest BCUT2D eigenvalue weighted by Crippen LogP contribution is 2.69. The molecule has 1 spiro atoms. The number of rotatable bonds is 7. The second-order valence-corrected chi connectivity index (χ2v) is 19.6. The van der Waals surface area contributed by atoms with Gasteiger partial charge in [-0.1, -0.05) is 164 Å². The van der Waals surface area contributed by atoms with Crippen molar-refractivity contribution in [2.45, 2.75) is 37.5 Å². The van der Waals surface area contributed by atoms with Crippen molar-refractivity contribution in [1.29, 1.82) is 0 Å². The van der Waals surface area contributed by atoms with Gasteiger partial charge in [-0.3, -0.25) is 0 Å². The Labute approximate surface area is 386 Å². The van der Waals surface area contributed by atoms with E-state index in [0.717, 1.165) is 68.2 Å². The third-order valence-electron chi connectivity index (χ3n) is 16.3. The number of nitrogens with zero attached hydrogens (tertiary/aromatic N) is 1. The second kappa shape index (κ2) is 14.8. The Bertz CT molecular complexity index is 3480. The maximum Gasteiger partial charge on any atom is 0.135 e. The van der Waals surface area contributed by atoms with Gasteiger partial charge in [0.15, 0.2) is 0 Å². The predicted octanol–water partition coefficient (Wildman–Crippen LogP) is 17.4. The summed E-state index contributed by atoms with van der Waals surface area (Å²) in [5.74, 6) is 3.32. The molecule has 0 N–H and O–H groups in total. The summed E-state index contributed by atoms with van der Waals surface area (Å²) >= 11 is 0. The Balaban J connectivity index is 0.914. The van der Waals surface area contributed by atoms with E-state index >= 15 is 0 Å². The summed E-state index contributed by atoms with van der Waals surface area (Å²) in [7, 11) is 0. The minimum atomic E-state index is 0.142. The van der Waals surface area contributed by atoms with Gasteiger partial charge in [0.25, 0.3) is 0 Å². The van der Waals surface area contributed by atoms with Crippen molar-refractivity contribution < 1.29 is 4.42 Å². The van der Waals surface area contributed by atoms with Gasteiger partial charge in [-0.15, -0.1) is 0 Å². The SMILES string of the molecule is c1ccc(-c2ccccc2-c2ccccc2-c2ccccc2N(c2ccc(-c3ccc4c(c3)C3(c5ccccc5-4)C4CC5CC(C4)CC3C5)cc2)c2ccc3oc4ccccc4c3c2)cc1. The molecule has 4 bridgehead atoms. The van der Waals surface area contributed by atoms with E-state index in [1.807, 2.05) is 6.07 Å². The quantitative estimate of drug-likeness (QED) is 0.159. The van der Waals surface area contributed by atoms with Gasteiger partial charge in [0.05, 0.1) is 5.69 Å². The molecule has 0 unspecified atom stereocenters. The van der Waals surface area contributed by atoms with Crippen molar-refractivity contribution in [3.05, 3.63) is 223 Å². The standard InChI is InChI=1S/C64H49NO/c1-2-14-44(15-3-1)50-16-4-5-17-51(50)52-18-6-7-19-53(52)56-21-9-12-24-61(56)65(49-31-33-63-58(40-49)57-22-10-13-25-62(57)66-63)48-29-26-43(27-30-48)45-28-32-55-54-20-8-11-23-59(54)64(60(55)39-45)46-35-41-34-42(37-46)38-47(64)36-41/h1-33,39-42,46-47H,34-38H2. The Kier molecular flexibility index (Phi) is 8.50. The highest BCUT2D eigenvalue weighted by molar-refractivity contribution is 6.07. The maximum atomic E-state index is 6.38. The van der Waals surface area contributed by atoms with Crippen LogP contribution in [0.15, 0.2) is 217 Å². The number of anilines is 3. The molecular weight excluding hydrogens is 799 g/mol. The number of fused-ring (bicyclic) bond motifs is 6. The van der Waals surface area contributed by atoms with Crippen LogP contribution in [0.5, 0.6) is 0 Å². The Morgan fingerprint density at radius 2 is 0.894 bits per heavy atom. The number of benzene rings is 9. The van der Waals surface area contributed by atoms with E-state index < -0.39 is 0 Å². The monoisotopic (exact) mass is 847 g/mol. The van der Waals surface area contributed by atoms with E-state index in [4.69, 9.17) is 4.42 Å². The van der Waals surface area contributed by atoms with Gasteiger partial charge < -0.3 is 9.32 Å². The van der Waals surface area contributed by atoms with Crippen molar-refractivity contribution >= 4 is 39.0 Å². The van der Waals surface area contributed by atoms with Crippen LogP contribution in [-0.2, 0) is 5.41 Å². The molecule has 10 aromatic rings. The zero-order chi connectivity index (χ0) is 43.3. The molecule has 5 aliphatic carbocycles. The molecule has 5 aliphatic rings. The summed E-state index contributed by atoms with van der Waals surface area (Å²) in [4.78, 5) is 2.45. The van der Waals surface area contributed by atoms with Crippen LogP contribution >= 0.6 is 0 Å². The van der Waals surface area contributed by atoms with Crippen LogP contribution in [-0.4, -0.2) is 0 Å². The summed E-state index contributed by atoms with van der Waals surface area (Å²) in [5, 5.41) is 2.23. The van der Waals surface area contributed by atoms with Gasteiger partial charge in [-0.2, -0.15) is 0 Å². The van der Waals surface area contributed by atoms with E-state index in [9.17, 15) is 0 Å². The van der Waals surface area contributed by atoms with Crippen molar-refractivity contribution in [3.8, 4) is 55.6 Å². The highest BCUT2D eigenvalue weighted by atomic mass is 16.3. The molecule has 1 aromatic heterocycles. The number of para-hydroxylation sites is 2. The lowest BCUT2D eigenvalue weighted by atomic mass is 9.43. The molecule has 0 amide bonds. The molecule has 1 heterocycles. The fraction of sp³-hybridized carbons (Fsp3) is 0.156. The first-order chi connectivity index (χ1) is 32.7. The van der Waals surface area contributed by atoms with Crippen LogP contribution in [0.1, 0.15) is 43.2 Å². The average Bonchev–Trinajstić information content (AvgIpc) is 3.89. The topological polar surface area (TPSA) is 16.4 Å². The molecule has 66 heavy (non-hydrogen) atoms. The molecule has 0 atom stereocenters. The van der Waals surface area contributed by atoms with E-state index in [-0.39, 0.29) is 5.41 Å². The van der Waals surface area contributed by atoms with Crippen molar-refractivity contribution in [1.82, 2.24) is 0 Å². The summed E-state index contributed by atoms with van der Waals surface area (Å²) in [6.07, 6.45) is 7.03. The van der Waals surface area contributed by atoms with Crippen LogP contribution < -0.4 is 4.90 Å². The number of hydrogen-bond donors (Lipinski definition) is 0. The zero-order valence-corrected chi connectivity index (χ0v) is 36.9. The van der Waals surface area contributed by atoms with Crippen LogP contribution in [0.3, 0.4) is 0 Å². The third-order valence-corrected chi connectivity index (χ3v) is 16.3. The minimum Gasteiger partial charge on any atom is -0.456 e. The molecule has 9 aromatic carbocycles. The molecule has 0 saturated heterocycles. The fourth-order valence-corrected chi connectivity index (χ4v) is 13.9. The van der Waals surface area contributed by atoms with E-state index in [0.29, 0.717) is 0 Å². The number of furan rings is 1. The lowest BCUT2D eigenvalue weighted by Crippen LogP contribution is -2.55. The first-order valence-corrected chi connectivity index (χ1v) is 24.1. The smallest absolute Gasteiger partial charge is 0.135 e. The molecule has 0 aliphatic heterocycles. The molecule has 2 heteroatoms. The van der Waals surface area contributed by atoms with Crippen LogP contribution in [0, 0.1) is 23.7 Å². The maximum absolute atomic E-state index is 6.38. The van der Waals surface area contributed by atoms with E-state index in [1.165, 1.54) is 82.2 Å². The van der Waals surface area contributed by atoms with Gasteiger partial charge in [0, 0.05) is 33.1 Å². The van der Waals surface area contributed by atoms with Gasteiger partial charge in [0.1, 0.15) is 11.2 Å². The molecule has 0 radical (unpaired) electrons. The van der Waals surface area contributed by atoms with Crippen LogP contribution in [0.25, 0.3) is 77.6 Å². The van der Waals surface area contributed by atoms with Crippen molar-refractivity contribution in [2.75, 3.05) is 4.90 Å². The molecule has 4 saturated carbocycles. The van der Waals surface area contributed by atoms with Crippen LogP contribution in [0.4, 0.5) is 17.1 Å². The first-order valence-electron chi connectivity index (χ1n) is 24.1. The summed E-state index contributed by atoms with van der Waals surface area (Å²) in [6.45, 7) is 0. The van der Waals surface area contributed by atoms with E-state index in [1.54, 1.807) is 11.1 Å². The third kappa shape index (κ3) is 5.67. The highest BCUT2D eigenvalue weighted by Gasteiger charge is 2.61. The number of hydrogen-bond acceptors (Lipinski definition) is 2. The normalized spacial score (nSPS) is 21.1. The van der Waals surface area contributed by atoms with Gasteiger partial charge in [-0.25, -0.2) is 0 Å². The van der Waals surface area contributed by atoms with Crippen LogP contribution in [0.2, 0.25) is 0 Å². The largest absolute Gasteiger partial charge is 0.456 e. The summed E-state index contributed by atoms with van der Waals surface area (Å²) < 4.78 is 6.38. The molecule has 15 rings (SSSR count). The summed E-state index contributed by atoms with van der Waals surface area (Å²) in [5.41, 5.74) is 21.1. The lowest BCUT2D eigenvalue weighted by Gasteiger charge is -2.61. The molecule has 316 valence electrons. The fourth-order valence-electron chi connectivity index (χ4n) is 13.9. The van der Waals surface area contributed by atoms with E-state index in [2.05, 4.69) is 211 Å². The molecule has 4 fully saturated rings. The molecular formula is C64H49NO. The van der Waals surface area contributed by atoms with Gasteiger partial charge >= 0.3 is 0 Å². The Hall–Kier alpha value is -7.42. The van der Waals surface area contributed by atoms with Gasteiger partial charge in [0.2, 0.25) is 0 Å². The van der Waals surface area contributed by atoms with Gasteiger partial charge in [-0.05, 0) is 166 Å². The van der Waals surface area contributed by atoms with Crippen molar-refractivity contribution in [2.24, 2.45) is 23.7 Å². The average molecular weight is 848 g/mol. The van der Waals surface area contributed by atoms with Crippen molar-refractivity contribution in [3.63, 3.8) is 0 Å². The minimum absolute atomic E-state index is 0.142. The second-order valence-electron chi connectivity index (χ2n) is 19.6. The Morgan fingerprint density at radius 3 is 1.65 bits per heavy atom. The Morgan fingerprint density at radius 1 is 0.348 bits per heavy atom. The lowest BCUT2D eigenvalue weighted by molar-refractivity contribution is -0.0399. The first kappa shape index (κ1) is 37.9. The molecule has 2 nitrogen and oxygen atoms in total. The zero-order valence-electron chi connectivity index (χ0n) is 36.9. The predicted molar refractivity (Wildman–Crippen MR) is 273 cm³/mol.